The SMILES string of the molecule is O=C(Nc1ccn[nH]1)C1CCN(C(=O)OCc2ccccc2)CC1. The first-order valence-electron chi connectivity index (χ1n) is 7.98. The summed E-state index contributed by atoms with van der Waals surface area (Å²) in [5.74, 6) is 0.438. The smallest absolute Gasteiger partial charge is 0.410 e. The molecule has 2 heterocycles. The predicted molar refractivity (Wildman–Crippen MR) is 88.1 cm³/mol. The lowest BCUT2D eigenvalue weighted by Gasteiger charge is -2.30. The highest BCUT2D eigenvalue weighted by molar-refractivity contribution is 5.91. The van der Waals surface area contributed by atoms with Crippen LogP contribution in [0, 0.1) is 5.92 Å². The zero-order valence-electron chi connectivity index (χ0n) is 13.3. The fourth-order valence-corrected chi connectivity index (χ4v) is 2.70. The number of amides is 2. The number of H-pyrrole nitrogens is 1. The van der Waals surface area contributed by atoms with Crippen LogP contribution in [0.15, 0.2) is 42.6 Å². The third-order valence-electron chi connectivity index (χ3n) is 4.09. The summed E-state index contributed by atoms with van der Waals surface area (Å²) >= 11 is 0. The number of aromatic nitrogens is 2. The number of hydrogen-bond donors (Lipinski definition) is 2. The van der Waals surface area contributed by atoms with E-state index in [1.165, 1.54) is 0 Å². The Morgan fingerprint density at radius 1 is 1.21 bits per heavy atom. The molecule has 2 N–H and O–H groups in total. The van der Waals surface area contributed by atoms with Crippen molar-refractivity contribution < 1.29 is 14.3 Å². The van der Waals surface area contributed by atoms with Crippen molar-refractivity contribution in [2.45, 2.75) is 19.4 Å². The van der Waals surface area contributed by atoms with Crippen molar-refractivity contribution in [3.8, 4) is 0 Å². The van der Waals surface area contributed by atoms with Gasteiger partial charge in [-0.15, -0.1) is 0 Å². The third kappa shape index (κ3) is 4.13. The van der Waals surface area contributed by atoms with E-state index in [1.807, 2.05) is 30.3 Å². The lowest BCUT2D eigenvalue weighted by Crippen LogP contribution is -2.41. The highest BCUT2D eigenvalue weighted by Gasteiger charge is 2.28. The first kappa shape index (κ1) is 16.0. The van der Waals surface area contributed by atoms with E-state index >= 15 is 0 Å². The molecule has 24 heavy (non-hydrogen) atoms. The molecule has 1 aliphatic heterocycles. The summed E-state index contributed by atoms with van der Waals surface area (Å²) in [5.41, 5.74) is 0.958. The van der Waals surface area contributed by atoms with E-state index in [9.17, 15) is 9.59 Å². The number of benzene rings is 1. The summed E-state index contributed by atoms with van der Waals surface area (Å²) in [4.78, 5) is 25.9. The number of carbonyl (C=O) groups excluding carboxylic acids is 2. The number of nitrogens with one attached hydrogen (secondary N) is 2. The fraction of sp³-hybridized carbons (Fsp3) is 0.353. The minimum Gasteiger partial charge on any atom is -0.445 e. The molecule has 0 atom stereocenters. The molecule has 0 aliphatic carbocycles. The highest BCUT2D eigenvalue weighted by atomic mass is 16.6. The van der Waals surface area contributed by atoms with Crippen molar-refractivity contribution in [2.75, 3.05) is 18.4 Å². The highest BCUT2D eigenvalue weighted by Crippen LogP contribution is 2.19. The van der Waals surface area contributed by atoms with E-state index in [2.05, 4.69) is 15.5 Å². The summed E-state index contributed by atoms with van der Waals surface area (Å²) in [6, 6.07) is 11.3. The maximum absolute atomic E-state index is 12.2. The second-order valence-electron chi connectivity index (χ2n) is 5.76. The molecule has 7 heteroatoms. The number of aromatic amines is 1. The van der Waals surface area contributed by atoms with Crippen LogP contribution in [0.25, 0.3) is 0 Å². The molecule has 0 unspecified atom stereocenters. The number of likely N-dealkylation sites (tertiary alicyclic amines) is 1. The molecule has 0 spiro atoms. The lowest BCUT2D eigenvalue weighted by molar-refractivity contribution is -0.121. The molecule has 3 rings (SSSR count). The molecular weight excluding hydrogens is 308 g/mol. The Labute approximate surface area is 140 Å². The number of nitrogens with zero attached hydrogens (tertiary/aromatic N) is 2. The van der Waals surface area contributed by atoms with Crippen LogP contribution in [0.3, 0.4) is 0 Å². The van der Waals surface area contributed by atoms with Gasteiger partial charge in [0.15, 0.2) is 0 Å². The van der Waals surface area contributed by atoms with Crippen LogP contribution in [0.5, 0.6) is 0 Å². The molecule has 1 fully saturated rings. The Hall–Kier alpha value is -2.83. The van der Waals surface area contributed by atoms with Gasteiger partial charge in [-0.1, -0.05) is 30.3 Å². The van der Waals surface area contributed by atoms with Gasteiger partial charge in [-0.05, 0) is 18.4 Å². The van der Waals surface area contributed by atoms with Crippen LogP contribution in [0.1, 0.15) is 18.4 Å². The molecule has 1 aliphatic rings. The molecule has 0 bridgehead atoms. The van der Waals surface area contributed by atoms with Crippen molar-refractivity contribution >= 4 is 17.8 Å². The minimum atomic E-state index is -0.328. The fourth-order valence-electron chi connectivity index (χ4n) is 2.70. The van der Waals surface area contributed by atoms with Crippen molar-refractivity contribution in [2.24, 2.45) is 5.92 Å². The monoisotopic (exact) mass is 328 g/mol. The van der Waals surface area contributed by atoms with E-state index in [-0.39, 0.29) is 24.5 Å². The molecule has 0 saturated carbocycles. The van der Waals surface area contributed by atoms with Gasteiger partial charge >= 0.3 is 6.09 Å². The van der Waals surface area contributed by atoms with Crippen LogP contribution in [0.4, 0.5) is 10.6 Å². The predicted octanol–water partition coefficient (Wildman–Crippen LogP) is 2.40. The normalized spacial score (nSPS) is 15.1. The minimum absolute atomic E-state index is 0.0449. The molecule has 0 radical (unpaired) electrons. The molecule has 2 aromatic rings. The van der Waals surface area contributed by atoms with Crippen molar-refractivity contribution in [3.63, 3.8) is 0 Å². The van der Waals surface area contributed by atoms with Crippen LogP contribution < -0.4 is 5.32 Å². The van der Waals surface area contributed by atoms with Gasteiger partial charge < -0.3 is 15.0 Å². The van der Waals surface area contributed by atoms with Gasteiger partial charge in [-0.25, -0.2) is 4.79 Å². The average molecular weight is 328 g/mol. The van der Waals surface area contributed by atoms with Crippen LogP contribution >= 0.6 is 0 Å². The number of anilines is 1. The number of hydrogen-bond acceptors (Lipinski definition) is 4. The third-order valence-corrected chi connectivity index (χ3v) is 4.09. The molecule has 2 amide bonds. The summed E-state index contributed by atoms with van der Waals surface area (Å²) in [6.45, 7) is 1.31. The maximum atomic E-state index is 12.2. The van der Waals surface area contributed by atoms with E-state index in [1.54, 1.807) is 17.2 Å². The Morgan fingerprint density at radius 3 is 2.62 bits per heavy atom. The lowest BCUT2D eigenvalue weighted by atomic mass is 9.96. The second-order valence-corrected chi connectivity index (χ2v) is 5.76. The van der Waals surface area contributed by atoms with Crippen molar-refractivity contribution in [1.82, 2.24) is 15.1 Å². The largest absolute Gasteiger partial charge is 0.445 e. The van der Waals surface area contributed by atoms with Crippen LogP contribution in [0.2, 0.25) is 0 Å². The zero-order valence-corrected chi connectivity index (χ0v) is 13.3. The topological polar surface area (TPSA) is 87.3 Å². The van der Waals surface area contributed by atoms with Gasteiger partial charge in [-0.2, -0.15) is 5.10 Å². The van der Waals surface area contributed by atoms with Gasteiger partial charge in [0.1, 0.15) is 12.4 Å². The Morgan fingerprint density at radius 2 is 1.96 bits per heavy atom. The maximum Gasteiger partial charge on any atom is 0.410 e. The molecule has 126 valence electrons. The second kappa shape index (κ2) is 7.63. The molecular formula is C17H20N4O3. The van der Waals surface area contributed by atoms with Gasteiger partial charge in [0.2, 0.25) is 5.91 Å². The standard InChI is InChI=1S/C17H20N4O3/c22-16(19-15-6-9-18-20-15)14-7-10-21(11-8-14)17(23)24-12-13-4-2-1-3-5-13/h1-6,9,14H,7-8,10-12H2,(H2,18,19,20,22). The van der Waals surface area contributed by atoms with Gasteiger partial charge in [0, 0.05) is 25.1 Å². The van der Waals surface area contributed by atoms with E-state index in [0.717, 1.165) is 5.56 Å². The molecule has 1 aromatic carbocycles. The molecule has 7 nitrogen and oxygen atoms in total. The Kier molecular flexibility index (Phi) is 5.10. The molecule has 1 saturated heterocycles. The van der Waals surface area contributed by atoms with Gasteiger partial charge in [0.25, 0.3) is 0 Å². The average Bonchev–Trinajstić information content (AvgIpc) is 3.13. The number of ether oxygens (including phenoxy) is 1. The first-order valence-corrected chi connectivity index (χ1v) is 7.98. The Balaban J connectivity index is 1.42. The molecule has 1 aromatic heterocycles. The number of piperidine rings is 1. The zero-order chi connectivity index (χ0) is 16.8. The number of carbonyl (C=O) groups is 2. The van der Waals surface area contributed by atoms with E-state index in [4.69, 9.17) is 4.74 Å². The van der Waals surface area contributed by atoms with E-state index < -0.39 is 0 Å². The summed E-state index contributed by atoms with van der Waals surface area (Å²) in [5, 5.41) is 9.28. The quantitative estimate of drug-likeness (QED) is 0.902. The Bertz CT molecular complexity index is 664. The van der Waals surface area contributed by atoms with Crippen molar-refractivity contribution in [1.29, 1.82) is 0 Å². The number of rotatable bonds is 4. The summed E-state index contributed by atoms with van der Waals surface area (Å²) in [7, 11) is 0. The van der Waals surface area contributed by atoms with E-state index in [0.29, 0.717) is 31.7 Å². The summed E-state index contributed by atoms with van der Waals surface area (Å²) < 4.78 is 5.32. The first-order chi connectivity index (χ1) is 11.7. The van der Waals surface area contributed by atoms with Crippen LogP contribution in [-0.4, -0.2) is 40.2 Å². The summed E-state index contributed by atoms with van der Waals surface area (Å²) in [6.07, 6.45) is 2.51. The van der Waals surface area contributed by atoms with Gasteiger partial charge in [0.05, 0.1) is 6.20 Å². The van der Waals surface area contributed by atoms with Crippen LogP contribution in [-0.2, 0) is 16.1 Å². The van der Waals surface area contributed by atoms with Crippen molar-refractivity contribution in [3.05, 3.63) is 48.2 Å². The van der Waals surface area contributed by atoms with Gasteiger partial charge in [-0.3, -0.25) is 9.89 Å².